The van der Waals surface area contributed by atoms with Crippen LogP contribution in [-0.2, 0) is 6.42 Å². The molecule has 4 nitrogen and oxygen atoms in total. The summed E-state index contributed by atoms with van der Waals surface area (Å²) in [5.41, 5.74) is 11.8. The summed E-state index contributed by atoms with van der Waals surface area (Å²) in [5.74, 6) is 1.13. The molecule has 0 aliphatic heterocycles. The summed E-state index contributed by atoms with van der Waals surface area (Å²) in [6.07, 6.45) is 0.891. The SMILES string of the molecule is COc1ccc(CC[NH+]=C(N)N)cc1. The lowest BCUT2D eigenvalue weighted by atomic mass is 10.1. The number of benzene rings is 1. The van der Waals surface area contributed by atoms with Gasteiger partial charge in [-0.25, -0.2) is 0 Å². The molecule has 0 amide bonds. The maximum Gasteiger partial charge on any atom is 0.338 e. The summed E-state index contributed by atoms with van der Waals surface area (Å²) in [7, 11) is 1.65. The molecule has 5 N–H and O–H groups in total. The Kier molecular flexibility index (Phi) is 3.79. The Morgan fingerprint density at radius 3 is 2.43 bits per heavy atom. The number of rotatable bonds is 4. The molecule has 0 saturated heterocycles. The van der Waals surface area contributed by atoms with Crippen molar-refractivity contribution in [2.24, 2.45) is 11.5 Å². The standard InChI is InChI=1S/C10H15N3O/c1-14-9-4-2-8(3-5-9)6-7-13-10(11)12/h2-5H,6-7H2,1H3,(H4,11,12,13)/p+1. The van der Waals surface area contributed by atoms with Crippen LogP contribution in [0.1, 0.15) is 5.56 Å². The van der Waals surface area contributed by atoms with Gasteiger partial charge in [-0.15, -0.1) is 0 Å². The monoisotopic (exact) mass is 194 g/mol. The minimum Gasteiger partial charge on any atom is -0.497 e. The van der Waals surface area contributed by atoms with E-state index in [9.17, 15) is 0 Å². The molecule has 1 rings (SSSR count). The summed E-state index contributed by atoms with van der Waals surface area (Å²) >= 11 is 0. The Morgan fingerprint density at radius 1 is 1.29 bits per heavy atom. The largest absolute Gasteiger partial charge is 0.497 e. The molecule has 1 aromatic rings. The average Bonchev–Trinajstić information content (AvgIpc) is 2.18. The van der Waals surface area contributed by atoms with Crippen LogP contribution in [0.25, 0.3) is 0 Å². The average molecular weight is 194 g/mol. The fourth-order valence-corrected chi connectivity index (χ4v) is 1.14. The van der Waals surface area contributed by atoms with E-state index in [4.69, 9.17) is 16.2 Å². The van der Waals surface area contributed by atoms with Crippen LogP contribution in [0.3, 0.4) is 0 Å². The van der Waals surface area contributed by atoms with Crippen LogP contribution < -0.4 is 21.2 Å². The number of methoxy groups -OCH3 is 1. The quantitative estimate of drug-likeness (QED) is 0.407. The first-order valence-electron chi connectivity index (χ1n) is 4.47. The zero-order chi connectivity index (χ0) is 10.4. The van der Waals surface area contributed by atoms with E-state index in [0.717, 1.165) is 18.7 Å². The number of hydrogen-bond donors (Lipinski definition) is 3. The normalized spacial score (nSPS) is 9.50. The molecule has 4 heteroatoms. The Bertz CT molecular complexity index is 302. The minimum absolute atomic E-state index is 0.263. The molecule has 14 heavy (non-hydrogen) atoms. The highest BCUT2D eigenvalue weighted by molar-refractivity contribution is 5.69. The molecule has 76 valence electrons. The van der Waals surface area contributed by atoms with E-state index in [-0.39, 0.29) is 5.96 Å². The Labute approximate surface area is 83.6 Å². The highest BCUT2D eigenvalue weighted by Gasteiger charge is 1.94. The first-order valence-corrected chi connectivity index (χ1v) is 4.47. The van der Waals surface area contributed by atoms with Crippen molar-refractivity contribution in [2.45, 2.75) is 6.42 Å². The van der Waals surface area contributed by atoms with E-state index < -0.39 is 0 Å². The first-order chi connectivity index (χ1) is 6.72. The molecule has 0 heterocycles. The highest BCUT2D eigenvalue weighted by Crippen LogP contribution is 2.10. The predicted molar refractivity (Wildman–Crippen MR) is 55.9 cm³/mol. The third kappa shape index (κ3) is 3.35. The maximum atomic E-state index is 5.27. The zero-order valence-corrected chi connectivity index (χ0v) is 8.29. The van der Waals surface area contributed by atoms with Crippen molar-refractivity contribution in [3.8, 4) is 5.75 Å². The van der Waals surface area contributed by atoms with Gasteiger partial charge in [0, 0.05) is 6.42 Å². The topological polar surface area (TPSA) is 75.2 Å². The van der Waals surface area contributed by atoms with E-state index in [2.05, 4.69) is 4.99 Å². The van der Waals surface area contributed by atoms with Gasteiger partial charge in [0.15, 0.2) is 0 Å². The second-order valence-electron chi connectivity index (χ2n) is 2.98. The second-order valence-corrected chi connectivity index (χ2v) is 2.98. The van der Waals surface area contributed by atoms with Crippen molar-refractivity contribution in [2.75, 3.05) is 13.7 Å². The van der Waals surface area contributed by atoms with Crippen LogP contribution in [0, 0.1) is 0 Å². The van der Waals surface area contributed by atoms with Crippen LogP contribution in [-0.4, -0.2) is 19.6 Å². The molecular weight excluding hydrogens is 178 g/mol. The molecule has 0 spiro atoms. The van der Waals surface area contributed by atoms with Crippen LogP contribution >= 0.6 is 0 Å². The molecule has 0 aliphatic carbocycles. The molecule has 0 aliphatic rings. The van der Waals surface area contributed by atoms with Gasteiger partial charge in [-0.05, 0) is 17.7 Å². The number of hydrogen-bond acceptors (Lipinski definition) is 1. The summed E-state index contributed by atoms with van der Waals surface area (Å²) in [6.45, 7) is 0.745. The van der Waals surface area contributed by atoms with Crippen molar-refractivity contribution < 1.29 is 9.73 Å². The lowest BCUT2D eigenvalue weighted by Crippen LogP contribution is -2.78. The van der Waals surface area contributed by atoms with E-state index >= 15 is 0 Å². The van der Waals surface area contributed by atoms with Gasteiger partial charge in [0.25, 0.3) is 0 Å². The molecule has 1 aromatic carbocycles. The molecule has 0 saturated carbocycles. The van der Waals surface area contributed by atoms with E-state index in [0.29, 0.717) is 0 Å². The van der Waals surface area contributed by atoms with Gasteiger partial charge in [-0.1, -0.05) is 12.1 Å². The number of nitrogens with one attached hydrogen (secondary N) is 1. The van der Waals surface area contributed by atoms with Gasteiger partial charge in [-0.3, -0.25) is 16.5 Å². The lowest BCUT2D eigenvalue weighted by Gasteiger charge is -2.01. The van der Waals surface area contributed by atoms with Crippen LogP contribution in [0.15, 0.2) is 24.3 Å². The van der Waals surface area contributed by atoms with Gasteiger partial charge >= 0.3 is 5.96 Å². The summed E-state index contributed by atoms with van der Waals surface area (Å²) in [5, 5.41) is 0. The highest BCUT2D eigenvalue weighted by atomic mass is 16.5. The molecular formula is C10H16N3O+. The fraction of sp³-hybridized carbons (Fsp3) is 0.300. The Balaban J connectivity index is 2.48. The van der Waals surface area contributed by atoms with Crippen molar-refractivity contribution in [3.63, 3.8) is 0 Å². The van der Waals surface area contributed by atoms with Crippen molar-refractivity contribution in [1.82, 2.24) is 0 Å². The Morgan fingerprint density at radius 2 is 1.93 bits per heavy atom. The zero-order valence-electron chi connectivity index (χ0n) is 8.29. The van der Waals surface area contributed by atoms with Gasteiger partial charge in [-0.2, -0.15) is 0 Å². The van der Waals surface area contributed by atoms with Crippen LogP contribution in [0.2, 0.25) is 0 Å². The van der Waals surface area contributed by atoms with E-state index in [1.165, 1.54) is 5.56 Å². The fourth-order valence-electron chi connectivity index (χ4n) is 1.14. The number of ether oxygens (including phenoxy) is 1. The molecule has 0 atom stereocenters. The van der Waals surface area contributed by atoms with E-state index in [1.54, 1.807) is 7.11 Å². The summed E-state index contributed by atoms with van der Waals surface area (Å²) in [6, 6.07) is 7.91. The van der Waals surface area contributed by atoms with Crippen LogP contribution in [0.4, 0.5) is 0 Å². The van der Waals surface area contributed by atoms with E-state index in [1.807, 2.05) is 24.3 Å². The van der Waals surface area contributed by atoms with Crippen LogP contribution in [0.5, 0.6) is 5.75 Å². The molecule has 0 fully saturated rings. The maximum absolute atomic E-state index is 5.27. The molecule has 0 radical (unpaired) electrons. The third-order valence-electron chi connectivity index (χ3n) is 1.90. The third-order valence-corrected chi connectivity index (χ3v) is 1.90. The molecule has 0 unspecified atom stereocenters. The molecule has 0 aromatic heterocycles. The van der Waals surface area contributed by atoms with Gasteiger partial charge in [0.2, 0.25) is 0 Å². The summed E-state index contributed by atoms with van der Waals surface area (Å²) in [4.78, 5) is 2.86. The number of guanidine groups is 1. The predicted octanol–water partition coefficient (Wildman–Crippen LogP) is -1.41. The van der Waals surface area contributed by atoms with Crippen molar-refractivity contribution >= 4 is 5.96 Å². The van der Waals surface area contributed by atoms with Gasteiger partial charge in [0.05, 0.1) is 13.7 Å². The van der Waals surface area contributed by atoms with Crippen molar-refractivity contribution in [1.29, 1.82) is 0 Å². The molecule has 0 bridgehead atoms. The Hall–Kier alpha value is -1.71. The first kappa shape index (κ1) is 10.4. The lowest BCUT2D eigenvalue weighted by molar-refractivity contribution is -0.458. The summed E-state index contributed by atoms with van der Waals surface area (Å²) < 4.78 is 5.05. The minimum atomic E-state index is 0.263. The van der Waals surface area contributed by atoms with Gasteiger partial charge in [0.1, 0.15) is 5.75 Å². The smallest absolute Gasteiger partial charge is 0.338 e. The second kappa shape index (κ2) is 5.11. The van der Waals surface area contributed by atoms with Gasteiger partial charge < -0.3 is 4.74 Å². The number of nitrogens with two attached hydrogens (primary N) is 2. The van der Waals surface area contributed by atoms with Crippen molar-refractivity contribution in [3.05, 3.63) is 29.8 Å².